The molecule has 0 aromatic heterocycles. The van der Waals surface area contributed by atoms with Gasteiger partial charge in [0.05, 0.1) is 17.3 Å². The van der Waals surface area contributed by atoms with Crippen LogP contribution < -0.4 is 11.1 Å². The third-order valence-corrected chi connectivity index (χ3v) is 2.99. The van der Waals surface area contributed by atoms with Crippen LogP contribution >= 0.6 is 11.6 Å². The van der Waals surface area contributed by atoms with Gasteiger partial charge in [0.2, 0.25) is 5.91 Å². The van der Waals surface area contributed by atoms with Gasteiger partial charge < -0.3 is 11.1 Å². The summed E-state index contributed by atoms with van der Waals surface area (Å²) in [7, 11) is 0. The van der Waals surface area contributed by atoms with E-state index in [0.29, 0.717) is 6.42 Å². The largest absolute Gasteiger partial charge is 0.418 e. The van der Waals surface area contributed by atoms with Crippen molar-refractivity contribution in [2.45, 2.75) is 38.4 Å². The van der Waals surface area contributed by atoms with Gasteiger partial charge in [0.25, 0.3) is 0 Å². The number of hydrogen-bond acceptors (Lipinski definition) is 2. The van der Waals surface area contributed by atoms with Gasteiger partial charge in [-0.15, -0.1) is 0 Å². The zero-order chi connectivity index (χ0) is 15.3. The highest BCUT2D eigenvalue weighted by Gasteiger charge is 2.34. The highest BCUT2D eigenvalue weighted by atomic mass is 35.5. The fraction of sp³-hybridized carbons (Fsp3) is 0.462. The lowest BCUT2D eigenvalue weighted by atomic mass is 10.1. The van der Waals surface area contributed by atoms with Crippen LogP contribution in [0, 0.1) is 0 Å². The molecule has 0 bridgehead atoms. The SMILES string of the molecule is CCCCC(N)C(=O)Nc1ccc(Cl)cc1C(F)(F)F. The van der Waals surface area contributed by atoms with Gasteiger partial charge in [-0.05, 0) is 24.6 Å². The smallest absolute Gasteiger partial charge is 0.324 e. The zero-order valence-corrected chi connectivity index (χ0v) is 11.7. The quantitative estimate of drug-likeness (QED) is 0.869. The van der Waals surface area contributed by atoms with E-state index in [-0.39, 0.29) is 10.7 Å². The van der Waals surface area contributed by atoms with Crippen molar-refractivity contribution >= 4 is 23.2 Å². The lowest BCUT2D eigenvalue weighted by Gasteiger charge is -2.16. The highest BCUT2D eigenvalue weighted by molar-refractivity contribution is 6.30. The second kappa shape index (κ2) is 6.95. The topological polar surface area (TPSA) is 55.1 Å². The monoisotopic (exact) mass is 308 g/mol. The molecule has 0 fully saturated rings. The van der Waals surface area contributed by atoms with Crippen LogP contribution in [-0.2, 0) is 11.0 Å². The normalized spacial score (nSPS) is 13.1. The Morgan fingerprint density at radius 1 is 1.45 bits per heavy atom. The van der Waals surface area contributed by atoms with Crippen LogP contribution in [0.3, 0.4) is 0 Å². The molecule has 3 nitrogen and oxygen atoms in total. The van der Waals surface area contributed by atoms with Crippen molar-refractivity contribution in [3.8, 4) is 0 Å². The maximum absolute atomic E-state index is 12.8. The van der Waals surface area contributed by atoms with Crippen molar-refractivity contribution in [1.29, 1.82) is 0 Å². The molecule has 0 radical (unpaired) electrons. The van der Waals surface area contributed by atoms with Crippen LogP contribution in [0.5, 0.6) is 0 Å². The molecule has 1 atom stereocenters. The maximum Gasteiger partial charge on any atom is 0.418 e. The minimum atomic E-state index is -4.60. The van der Waals surface area contributed by atoms with Gasteiger partial charge in [-0.3, -0.25) is 4.79 Å². The van der Waals surface area contributed by atoms with E-state index in [0.717, 1.165) is 25.0 Å². The van der Waals surface area contributed by atoms with Crippen molar-refractivity contribution in [2.75, 3.05) is 5.32 Å². The molecule has 1 aromatic rings. The molecular weight excluding hydrogens is 293 g/mol. The molecule has 20 heavy (non-hydrogen) atoms. The summed E-state index contributed by atoms with van der Waals surface area (Å²) in [4.78, 5) is 11.7. The van der Waals surface area contributed by atoms with Crippen LogP contribution in [0.25, 0.3) is 0 Å². The average Bonchev–Trinajstić information content (AvgIpc) is 2.36. The van der Waals surface area contributed by atoms with Crippen molar-refractivity contribution < 1.29 is 18.0 Å². The third-order valence-electron chi connectivity index (χ3n) is 2.75. The van der Waals surface area contributed by atoms with Gasteiger partial charge in [-0.25, -0.2) is 0 Å². The third kappa shape index (κ3) is 4.68. The molecule has 1 rings (SSSR count). The molecule has 0 saturated heterocycles. The first kappa shape index (κ1) is 16.8. The van der Waals surface area contributed by atoms with Gasteiger partial charge in [0, 0.05) is 5.02 Å². The number of nitrogens with one attached hydrogen (secondary N) is 1. The Hall–Kier alpha value is -1.27. The van der Waals surface area contributed by atoms with Crippen LogP contribution in [0.15, 0.2) is 18.2 Å². The number of anilines is 1. The first-order valence-corrected chi connectivity index (χ1v) is 6.56. The summed E-state index contributed by atoms with van der Waals surface area (Å²) >= 11 is 5.55. The highest BCUT2D eigenvalue weighted by Crippen LogP contribution is 2.36. The lowest BCUT2D eigenvalue weighted by Crippen LogP contribution is -2.36. The predicted molar refractivity (Wildman–Crippen MR) is 72.6 cm³/mol. The van der Waals surface area contributed by atoms with Crippen LogP contribution in [-0.4, -0.2) is 11.9 Å². The number of hydrogen-bond donors (Lipinski definition) is 2. The first-order chi connectivity index (χ1) is 9.25. The minimum absolute atomic E-state index is 0.0504. The number of rotatable bonds is 5. The zero-order valence-electron chi connectivity index (χ0n) is 10.9. The minimum Gasteiger partial charge on any atom is -0.324 e. The van der Waals surface area contributed by atoms with E-state index in [4.69, 9.17) is 17.3 Å². The van der Waals surface area contributed by atoms with Crippen LogP contribution in [0.4, 0.5) is 18.9 Å². The summed E-state index contributed by atoms with van der Waals surface area (Å²) in [5.41, 5.74) is 4.30. The van der Waals surface area contributed by atoms with Gasteiger partial charge in [-0.1, -0.05) is 31.4 Å². The Morgan fingerprint density at radius 3 is 2.65 bits per heavy atom. The first-order valence-electron chi connectivity index (χ1n) is 6.19. The van der Waals surface area contributed by atoms with E-state index < -0.39 is 23.7 Å². The molecule has 112 valence electrons. The number of amides is 1. The summed E-state index contributed by atoms with van der Waals surface area (Å²) in [6.45, 7) is 1.94. The molecule has 0 heterocycles. The van der Waals surface area contributed by atoms with Crippen molar-refractivity contribution in [3.63, 3.8) is 0 Å². The summed E-state index contributed by atoms with van der Waals surface area (Å²) in [6, 6.07) is 2.35. The summed E-state index contributed by atoms with van der Waals surface area (Å²) < 4.78 is 38.5. The molecule has 1 amide bonds. The predicted octanol–water partition coefficient (Wildman–Crippen LogP) is 3.81. The van der Waals surface area contributed by atoms with E-state index in [1.807, 2.05) is 6.92 Å². The van der Waals surface area contributed by atoms with Gasteiger partial charge in [0.1, 0.15) is 0 Å². The number of halogens is 4. The fourth-order valence-corrected chi connectivity index (χ4v) is 1.81. The lowest BCUT2D eigenvalue weighted by molar-refractivity contribution is -0.137. The molecule has 7 heteroatoms. The second-order valence-corrected chi connectivity index (χ2v) is 4.86. The number of nitrogens with two attached hydrogens (primary N) is 1. The molecule has 0 spiro atoms. The summed E-state index contributed by atoms with van der Waals surface area (Å²) in [5.74, 6) is -0.633. The van der Waals surface area contributed by atoms with E-state index >= 15 is 0 Å². The number of carbonyl (C=O) groups is 1. The molecular formula is C13H16ClF3N2O. The van der Waals surface area contributed by atoms with E-state index in [1.165, 1.54) is 6.07 Å². The Morgan fingerprint density at radius 2 is 2.10 bits per heavy atom. The molecule has 3 N–H and O–H groups in total. The Bertz CT molecular complexity index is 477. The van der Waals surface area contributed by atoms with Crippen molar-refractivity contribution in [3.05, 3.63) is 28.8 Å². The van der Waals surface area contributed by atoms with Crippen molar-refractivity contribution in [2.24, 2.45) is 5.73 Å². The van der Waals surface area contributed by atoms with E-state index in [9.17, 15) is 18.0 Å². The molecule has 0 aliphatic rings. The Balaban J connectivity index is 2.90. The van der Waals surface area contributed by atoms with Gasteiger partial charge in [0.15, 0.2) is 0 Å². The van der Waals surface area contributed by atoms with Crippen molar-refractivity contribution in [1.82, 2.24) is 0 Å². The molecule has 0 aliphatic carbocycles. The molecule has 0 saturated carbocycles. The van der Waals surface area contributed by atoms with Crippen LogP contribution in [0.2, 0.25) is 5.02 Å². The summed E-state index contributed by atoms with van der Waals surface area (Å²) in [6.07, 6.45) is -2.57. The Labute approximate surface area is 120 Å². The van der Waals surface area contributed by atoms with E-state index in [1.54, 1.807) is 0 Å². The van der Waals surface area contributed by atoms with Gasteiger partial charge >= 0.3 is 6.18 Å². The van der Waals surface area contributed by atoms with E-state index in [2.05, 4.69) is 5.32 Å². The Kier molecular flexibility index (Phi) is 5.83. The molecule has 0 aliphatic heterocycles. The molecule has 1 aromatic carbocycles. The fourth-order valence-electron chi connectivity index (χ4n) is 1.64. The van der Waals surface area contributed by atoms with Crippen LogP contribution in [0.1, 0.15) is 31.7 Å². The molecule has 1 unspecified atom stereocenters. The standard InChI is InChI=1S/C13H16ClF3N2O/c1-2-3-4-10(18)12(20)19-11-6-5-8(14)7-9(11)13(15,16)17/h5-7,10H,2-4,18H2,1H3,(H,19,20). The maximum atomic E-state index is 12.8. The number of benzene rings is 1. The number of alkyl halides is 3. The van der Waals surface area contributed by atoms with Gasteiger partial charge in [-0.2, -0.15) is 13.2 Å². The average molecular weight is 309 g/mol. The summed E-state index contributed by atoms with van der Waals surface area (Å²) in [5, 5.41) is 2.16. The number of carbonyl (C=O) groups excluding carboxylic acids is 1. The number of unbranched alkanes of at least 4 members (excludes halogenated alkanes) is 1. The second-order valence-electron chi connectivity index (χ2n) is 4.43.